The van der Waals surface area contributed by atoms with Gasteiger partial charge in [0.25, 0.3) is 0 Å². The van der Waals surface area contributed by atoms with Crippen LogP contribution in [0.3, 0.4) is 0 Å². The summed E-state index contributed by atoms with van der Waals surface area (Å²) >= 11 is 0. The summed E-state index contributed by atoms with van der Waals surface area (Å²) in [4.78, 5) is 5.01. The zero-order valence-electron chi connectivity index (χ0n) is 42.2. The molecule has 5 aromatic rings. The summed E-state index contributed by atoms with van der Waals surface area (Å²) in [7, 11) is 0. The minimum Gasteiger partial charge on any atom is -0.483 e. The van der Waals surface area contributed by atoms with Crippen LogP contribution in [0.15, 0.2) is 199 Å². The lowest BCUT2D eigenvalue weighted by molar-refractivity contribution is 0.0314. The van der Waals surface area contributed by atoms with E-state index in [-0.39, 0.29) is 70.9 Å². The van der Waals surface area contributed by atoms with E-state index in [0.29, 0.717) is 0 Å². The second kappa shape index (κ2) is 16.4. The van der Waals surface area contributed by atoms with Crippen LogP contribution < -0.4 is 14.5 Å². The van der Waals surface area contributed by atoms with Gasteiger partial charge in [0.2, 0.25) is 0 Å². The molecule has 2 fully saturated rings. The number of rotatable bonds is 6. The van der Waals surface area contributed by atoms with E-state index in [0.717, 1.165) is 28.5 Å². The number of benzene rings is 5. The molecule has 5 aliphatic carbocycles. The first-order valence-electron chi connectivity index (χ1n) is 25.9. The largest absolute Gasteiger partial charge is 0.483 e. The van der Waals surface area contributed by atoms with Gasteiger partial charge in [-0.2, -0.15) is 0 Å². The van der Waals surface area contributed by atoms with Crippen LogP contribution in [-0.2, 0) is 9.47 Å². The van der Waals surface area contributed by atoms with Crippen molar-refractivity contribution in [1.29, 1.82) is 0 Å². The molecular weight excluding hydrogens is 869 g/mol. The van der Waals surface area contributed by atoms with Gasteiger partial charge in [0.1, 0.15) is 18.0 Å². The summed E-state index contributed by atoms with van der Waals surface area (Å²) in [5, 5.41) is 0. The van der Waals surface area contributed by atoms with Gasteiger partial charge in [-0.05, 0) is 83.4 Å². The molecule has 10 atom stereocenters. The highest BCUT2D eigenvalue weighted by Crippen LogP contribution is 2.61. The first-order chi connectivity index (χ1) is 34.3. The number of allylic oxidation sites excluding steroid dienone is 6. The van der Waals surface area contributed by atoms with Crippen molar-refractivity contribution in [1.82, 2.24) is 0 Å². The van der Waals surface area contributed by atoms with Gasteiger partial charge in [-0.25, -0.2) is 0 Å². The average molecular weight is 933 g/mol. The fourth-order valence-electron chi connectivity index (χ4n) is 13.2. The fourth-order valence-corrected chi connectivity index (χ4v) is 13.2. The Morgan fingerprint density at radius 1 is 0.437 bits per heavy atom. The van der Waals surface area contributed by atoms with E-state index in [1.807, 2.05) is 0 Å². The zero-order valence-corrected chi connectivity index (χ0v) is 42.2. The molecule has 0 radical (unpaired) electrons. The van der Waals surface area contributed by atoms with Crippen LogP contribution in [0.5, 0.6) is 5.75 Å². The second-order valence-electron chi connectivity index (χ2n) is 23.1. The Morgan fingerprint density at radius 3 is 1.54 bits per heavy atom. The van der Waals surface area contributed by atoms with E-state index in [4.69, 9.17) is 14.2 Å². The lowest BCUT2D eigenvalue weighted by Crippen LogP contribution is -2.35. The maximum absolute atomic E-state index is 7.50. The van der Waals surface area contributed by atoms with Crippen molar-refractivity contribution in [2.75, 3.05) is 9.80 Å². The van der Waals surface area contributed by atoms with E-state index >= 15 is 0 Å². The molecule has 0 N–H and O–H groups in total. The monoisotopic (exact) mass is 932 g/mol. The molecule has 10 unspecified atom stereocenters. The Morgan fingerprint density at radius 2 is 0.930 bits per heavy atom. The van der Waals surface area contributed by atoms with Gasteiger partial charge in [-0.15, -0.1) is 0 Å². The van der Waals surface area contributed by atoms with Gasteiger partial charge in [0.05, 0.1) is 35.4 Å². The quantitative estimate of drug-likeness (QED) is 0.169. The Balaban J connectivity index is 0.970. The van der Waals surface area contributed by atoms with Crippen LogP contribution in [0, 0.1) is 48.3 Å². The first kappa shape index (κ1) is 44.3. The third kappa shape index (κ3) is 7.09. The first-order valence-corrected chi connectivity index (χ1v) is 25.9. The minimum atomic E-state index is -0.150. The Labute approximate surface area is 420 Å². The molecule has 8 aliphatic rings. The molecule has 3 aliphatic heterocycles. The van der Waals surface area contributed by atoms with Crippen molar-refractivity contribution in [3.8, 4) is 5.75 Å². The van der Waals surface area contributed by atoms with Crippen LogP contribution in [-0.4, -0.2) is 18.3 Å². The number of fused-ring (bicyclic) bond motifs is 13. The number of para-hydroxylation sites is 1. The lowest BCUT2D eigenvalue weighted by atomic mass is 9.73. The standard InChI is InChI=1S/C66H64N2O3/c1-39-29-33-41(34-30-39)67(55-27-15-23-49-47-21-13-25-53(65(3,4)5)61(47)70-63(49)55)57-37-51-52-38-58(44-18-10-12-20-46(44)60(52)69-59(51)45-19-11-9-17-43(45)57)68(42-35-31-40(2)32-36-42)56-28-16-24-50-48-22-14-26-54(66(6,7)8)62(48)71-64(50)56/h9-38,47-49,51-52,59-63H,1-8H3. The topological polar surface area (TPSA) is 34.2 Å². The fraction of sp³-hybridized carbons (Fsp3) is 0.303. The molecule has 0 spiro atoms. The molecule has 3 heterocycles. The number of hydrogen-bond acceptors (Lipinski definition) is 5. The van der Waals surface area contributed by atoms with Crippen LogP contribution in [0.4, 0.5) is 17.1 Å². The van der Waals surface area contributed by atoms with E-state index in [2.05, 4.69) is 247 Å². The summed E-state index contributed by atoms with van der Waals surface area (Å²) < 4.78 is 22.2. The van der Waals surface area contributed by atoms with Crippen molar-refractivity contribution in [3.63, 3.8) is 0 Å². The van der Waals surface area contributed by atoms with Crippen LogP contribution in [0.25, 0.3) is 11.4 Å². The third-order valence-electron chi connectivity index (χ3n) is 16.6. The number of anilines is 3. The molecule has 71 heavy (non-hydrogen) atoms. The van der Waals surface area contributed by atoms with Crippen molar-refractivity contribution < 1.29 is 14.2 Å². The number of aryl methyl sites for hydroxylation is 2. The molecule has 0 bridgehead atoms. The summed E-state index contributed by atoms with van der Waals surface area (Å²) in [6.45, 7) is 18.2. The van der Waals surface area contributed by atoms with Gasteiger partial charge in [-0.3, -0.25) is 0 Å². The minimum absolute atomic E-state index is 0.0121. The highest BCUT2D eigenvalue weighted by molar-refractivity contribution is 5.93. The smallest absolute Gasteiger partial charge is 0.148 e. The SMILES string of the molecule is Cc1ccc(N(C2=CC3C(OC4c5ccccc5C(N(c5ccc(C)cc5)c5cccc6c5OC5C(C(C)(C)C)=CC=CC65)=CC43)c3ccccc32)C2=CC=CC3C2OC2C(C(C)(C)C)=CC=CC23)cc1. The highest BCUT2D eigenvalue weighted by Gasteiger charge is 2.53. The van der Waals surface area contributed by atoms with E-state index in [9.17, 15) is 0 Å². The molecule has 13 rings (SSSR count). The normalized spacial score (nSPS) is 28.3. The summed E-state index contributed by atoms with van der Waals surface area (Å²) in [5.41, 5.74) is 17.9. The van der Waals surface area contributed by atoms with Crippen LogP contribution in [0.2, 0.25) is 0 Å². The van der Waals surface area contributed by atoms with Crippen molar-refractivity contribution in [2.24, 2.45) is 34.5 Å². The molecule has 356 valence electrons. The molecular formula is C66H64N2O3. The van der Waals surface area contributed by atoms with Gasteiger partial charge in [0.15, 0.2) is 0 Å². The molecule has 5 nitrogen and oxygen atoms in total. The second-order valence-corrected chi connectivity index (χ2v) is 23.1. The lowest BCUT2D eigenvalue weighted by Gasteiger charge is -2.39. The molecule has 5 aromatic carbocycles. The Bertz CT molecular complexity index is 3240. The predicted molar refractivity (Wildman–Crippen MR) is 289 cm³/mol. The predicted octanol–water partition coefficient (Wildman–Crippen LogP) is 15.8. The molecule has 0 aromatic heterocycles. The molecule has 0 amide bonds. The number of ether oxygens (including phenoxy) is 3. The maximum Gasteiger partial charge on any atom is 0.148 e. The van der Waals surface area contributed by atoms with Gasteiger partial charge in [0, 0.05) is 63.4 Å². The zero-order chi connectivity index (χ0) is 48.5. The van der Waals surface area contributed by atoms with Crippen LogP contribution >= 0.6 is 0 Å². The van der Waals surface area contributed by atoms with Gasteiger partial charge >= 0.3 is 0 Å². The van der Waals surface area contributed by atoms with Gasteiger partial charge in [-0.1, -0.05) is 198 Å². The highest BCUT2D eigenvalue weighted by atomic mass is 16.5. The number of nitrogens with zero attached hydrogens (tertiary/aromatic N) is 2. The maximum atomic E-state index is 7.50. The van der Waals surface area contributed by atoms with Crippen molar-refractivity contribution in [2.45, 2.75) is 91.8 Å². The average Bonchev–Trinajstić information content (AvgIpc) is 4.07. The van der Waals surface area contributed by atoms with Crippen LogP contribution in [0.1, 0.15) is 98.6 Å². The van der Waals surface area contributed by atoms with E-state index in [1.165, 1.54) is 61.5 Å². The molecule has 2 saturated heterocycles. The summed E-state index contributed by atoms with van der Waals surface area (Å²) in [6, 6.07) is 42.8. The third-order valence-corrected chi connectivity index (χ3v) is 16.6. The summed E-state index contributed by atoms with van der Waals surface area (Å²) in [6.07, 6.45) is 25.4. The molecule has 5 heteroatoms. The van der Waals surface area contributed by atoms with Gasteiger partial charge < -0.3 is 24.0 Å². The Hall–Kier alpha value is -6.66. The van der Waals surface area contributed by atoms with Crippen molar-refractivity contribution in [3.05, 3.63) is 238 Å². The number of hydrogen-bond donors (Lipinski definition) is 0. The van der Waals surface area contributed by atoms with E-state index < -0.39 is 0 Å². The van der Waals surface area contributed by atoms with Crippen molar-refractivity contribution >= 4 is 28.5 Å². The Kier molecular flexibility index (Phi) is 10.3. The molecule has 0 saturated carbocycles. The van der Waals surface area contributed by atoms with E-state index in [1.54, 1.807) is 0 Å². The summed E-state index contributed by atoms with van der Waals surface area (Å²) in [5.74, 6) is 1.60.